The van der Waals surface area contributed by atoms with Crippen molar-refractivity contribution in [3.8, 4) is 17.2 Å². The zero-order valence-corrected chi connectivity index (χ0v) is 24.2. The number of carbonyl (C=O) groups excluding carboxylic acids is 3. The Kier molecular flexibility index (Phi) is 8.86. The minimum atomic E-state index is -0.517. The predicted molar refractivity (Wildman–Crippen MR) is 161 cm³/mol. The smallest absolute Gasteiger partial charge is 0.323 e. The normalized spacial score (nSPS) is 18.0. The van der Waals surface area contributed by atoms with E-state index in [4.69, 9.17) is 14.2 Å². The summed E-state index contributed by atoms with van der Waals surface area (Å²) in [6.45, 7) is 4.14. The van der Waals surface area contributed by atoms with Gasteiger partial charge >= 0.3 is 12.1 Å². The molecule has 0 fully saturated rings. The Morgan fingerprint density at radius 3 is 2.35 bits per heavy atom. The molecule has 5 rings (SSSR count). The zero-order valence-electron chi connectivity index (χ0n) is 24.2. The Hall–Kier alpha value is -4.97. The second-order valence-electron chi connectivity index (χ2n) is 10.7. The molecular formula is C31H35N5O7. The Morgan fingerprint density at radius 2 is 1.63 bits per heavy atom. The van der Waals surface area contributed by atoms with Crippen LogP contribution in [0.15, 0.2) is 66.7 Å². The number of benzene rings is 3. The number of rotatable bonds is 7. The molecule has 2 heterocycles. The predicted octanol–water partition coefficient (Wildman–Crippen LogP) is 4.44. The van der Waals surface area contributed by atoms with E-state index in [1.54, 1.807) is 67.4 Å². The van der Waals surface area contributed by atoms with Crippen LogP contribution in [0.2, 0.25) is 0 Å². The average molecular weight is 590 g/mol. The highest BCUT2D eigenvalue weighted by molar-refractivity contribution is 6.02. The molecule has 0 aliphatic carbocycles. The van der Waals surface area contributed by atoms with Crippen LogP contribution in [0, 0.1) is 5.92 Å². The van der Waals surface area contributed by atoms with E-state index in [9.17, 15) is 19.5 Å². The first-order valence-corrected chi connectivity index (χ1v) is 14.0. The number of fused-ring (bicyclic) bond motifs is 2. The molecule has 2 aliphatic rings. The third-order valence-electron chi connectivity index (χ3n) is 7.38. The molecule has 4 N–H and O–H groups in total. The van der Waals surface area contributed by atoms with Crippen molar-refractivity contribution in [3.05, 3.63) is 72.3 Å². The molecule has 0 saturated heterocycles. The zero-order chi connectivity index (χ0) is 30.5. The summed E-state index contributed by atoms with van der Waals surface area (Å²) in [7, 11) is 1.68. The van der Waals surface area contributed by atoms with Gasteiger partial charge in [-0.25, -0.2) is 9.59 Å². The Morgan fingerprint density at radius 1 is 0.953 bits per heavy atom. The lowest BCUT2D eigenvalue weighted by atomic mass is 9.99. The third-order valence-corrected chi connectivity index (χ3v) is 7.38. The molecule has 12 nitrogen and oxygen atoms in total. The van der Waals surface area contributed by atoms with Crippen molar-refractivity contribution in [2.24, 2.45) is 5.92 Å². The van der Waals surface area contributed by atoms with Crippen LogP contribution in [0.25, 0.3) is 0 Å². The minimum Gasteiger partial charge on any atom is -0.487 e. The van der Waals surface area contributed by atoms with E-state index in [0.717, 1.165) is 0 Å². The van der Waals surface area contributed by atoms with Crippen LogP contribution < -0.4 is 30.2 Å². The summed E-state index contributed by atoms with van der Waals surface area (Å²) >= 11 is 0. The number of nitrogens with one attached hydrogen (secondary N) is 3. The van der Waals surface area contributed by atoms with Gasteiger partial charge in [-0.15, -0.1) is 0 Å². The number of para-hydroxylation sites is 1. The second-order valence-corrected chi connectivity index (χ2v) is 10.7. The van der Waals surface area contributed by atoms with Gasteiger partial charge in [-0.1, -0.05) is 25.1 Å². The molecule has 2 aliphatic heterocycles. The van der Waals surface area contributed by atoms with Crippen molar-refractivity contribution in [1.29, 1.82) is 0 Å². The SMILES string of the molecule is C[C@H]1CN([C@@H](C)CO)C(=O)c2cc(NC(=O)Nc3ccc4c(c3)OCO4)ccc2O[C@@H]1CN(C)C(=O)Nc1ccccc1. The first-order valence-electron chi connectivity index (χ1n) is 14.0. The molecule has 3 aromatic carbocycles. The van der Waals surface area contributed by atoms with Gasteiger partial charge < -0.3 is 45.1 Å². The summed E-state index contributed by atoms with van der Waals surface area (Å²) < 4.78 is 17.0. The number of likely N-dealkylation sites (N-methyl/N-ethyl adjacent to an activating group) is 1. The molecule has 0 saturated carbocycles. The van der Waals surface area contributed by atoms with E-state index in [1.807, 2.05) is 25.1 Å². The van der Waals surface area contributed by atoms with E-state index in [-0.39, 0.29) is 43.4 Å². The Labute approximate surface area is 249 Å². The van der Waals surface area contributed by atoms with Gasteiger partial charge in [-0.05, 0) is 49.4 Å². The maximum Gasteiger partial charge on any atom is 0.323 e. The molecule has 0 aromatic heterocycles. The quantitative estimate of drug-likeness (QED) is 0.319. The highest BCUT2D eigenvalue weighted by Gasteiger charge is 2.34. The van der Waals surface area contributed by atoms with Gasteiger partial charge in [0.15, 0.2) is 11.5 Å². The van der Waals surface area contributed by atoms with Crippen LogP contribution in [0.5, 0.6) is 17.2 Å². The van der Waals surface area contributed by atoms with Crippen molar-refractivity contribution in [1.82, 2.24) is 9.80 Å². The van der Waals surface area contributed by atoms with Crippen molar-refractivity contribution in [2.45, 2.75) is 26.0 Å². The lowest BCUT2D eigenvalue weighted by Crippen LogP contribution is -2.50. The molecular weight excluding hydrogens is 554 g/mol. The number of hydrogen-bond acceptors (Lipinski definition) is 7. The van der Waals surface area contributed by atoms with E-state index in [0.29, 0.717) is 40.9 Å². The number of urea groups is 2. The van der Waals surface area contributed by atoms with Crippen molar-refractivity contribution >= 4 is 35.0 Å². The van der Waals surface area contributed by atoms with Crippen molar-refractivity contribution in [3.63, 3.8) is 0 Å². The number of amides is 5. The Balaban J connectivity index is 1.34. The summed E-state index contributed by atoms with van der Waals surface area (Å²) in [6.07, 6.45) is -0.472. The standard InChI is InChI=1S/C31H35N5O7/c1-19-15-36(20(2)17-37)29(38)24-13-22(32-30(39)33-23-10-12-26-27(14-23)42-18-41-26)9-11-25(24)43-28(19)16-35(3)31(40)34-21-7-5-4-6-8-21/h4-14,19-20,28,37H,15-18H2,1-3H3,(H,34,40)(H2,32,33,39)/t19-,20-,28+/m0/s1. The number of ether oxygens (including phenoxy) is 3. The first-order chi connectivity index (χ1) is 20.7. The number of hydrogen-bond donors (Lipinski definition) is 4. The van der Waals surface area contributed by atoms with Gasteiger partial charge in [0, 0.05) is 42.6 Å². The molecule has 226 valence electrons. The molecule has 12 heteroatoms. The summed E-state index contributed by atoms with van der Waals surface area (Å²) in [5.41, 5.74) is 1.78. The van der Waals surface area contributed by atoms with Crippen LogP contribution in [0.1, 0.15) is 24.2 Å². The number of aliphatic hydroxyl groups is 1. The van der Waals surface area contributed by atoms with Crippen LogP contribution in [0.4, 0.5) is 26.7 Å². The van der Waals surface area contributed by atoms with Gasteiger partial charge in [-0.2, -0.15) is 0 Å². The minimum absolute atomic E-state index is 0.124. The van der Waals surface area contributed by atoms with Crippen molar-refractivity contribution < 1.29 is 33.7 Å². The van der Waals surface area contributed by atoms with Gasteiger partial charge in [0.05, 0.1) is 24.8 Å². The van der Waals surface area contributed by atoms with Crippen LogP contribution in [0.3, 0.4) is 0 Å². The second kappa shape index (κ2) is 12.9. The molecule has 0 unspecified atom stereocenters. The molecule has 43 heavy (non-hydrogen) atoms. The van der Waals surface area contributed by atoms with E-state index < -0.39 is 18.2 Å². The van der Waals surface area contributed by atoms with E-state index in [2.05, 4.69) is 16.0 Å². The van der Waals surface area contributed by atoms with Gasteiger partial charge in [0.25, 0.3) is 5.91 Å². The van der Waals surface area contributed by atoms with Crippen LogP contribution >= 0.6 is 0 Å². The highest BCUT2D eigenvalue weighted by Crippen LogP contribution is 2.34. The summed E-state index contributed by atoms with van der Waals surface area (Å²) in [5.74, 6) is 0.936. The van der Waals surface area contributed by atoms with E-state index in [1.165, 1.54) is 4.90 Å². The monoisotopic (exact) mass is 589 g/mol. The number of nitrogens with zero attached hydrogens (tertiary/aromatic N) is 2. The summed E-state index contributed by atoms with van der Waals surface area (Å²) in [4.78, 5) is 42.5. The molecule has 3 atom stereocenters. The first kappa shape index (κ1) is 29.5. The number of carbonyl (C=O) groups is 3. The molecule has 3 aromatic rings. The topological polar surface area (TPSA) is 142 Å². The fourth-order valence-electron chi connectivity index (χ4n) is 4.88. The largest absolute Gasteiger partial charge is 0.487 e. The van der Waals surface area contributed by atoms with Gasteiger partial charge in [0.1, 0.15) is 11.9 Å². The number of anilines is 3. The van der Waals surface area contributed by atoms with Gasteiger partial charge in [-0.3, -0.25) is 4.79 Å². The molecule has 0 spiro atoms. The van der Waals surface area contributed by atoms with Crippen molar-refractivity contribution in [2.75, 3.05) is 49.5 Å². The fraction of sp³-hybridized carbons (Fsp3) is 0.323. The molecule has 0 radical (unpaired) electrons. The maximum atomic E-state index is 13.7. The average Bonchev–Trinajstić information content (AvgIpc) is 3.47. The fourth-order valence-corrected chi connectivity index (χ4v) is 4.88. The lowest BCUT2D eigenvalue weighted by Gasteiger charge is -2.38. The molecule has 5 amide bonds. The number of aliphatic hydroxyl groups excluding tert-OH is 1. The van der Waals surface area contributed by atoms with Crippen LogP contribution in [-0.2, 0) is 0 Å². The lowest BCUT2D eigenvalue weighted by molar-refractivity contribution is 0.0371. The van der Waals surface area contributed by atoms with E-state index >= 15 is 0 Å². The summed E-state index contributed by atoms with van der Waals surface area (Å²) in [6, 6.07) is 17.7. The maximum absolute atomic E-state index is 13.7. The molecule has 0 bridgehead atoms. The highest BCUT2D eigenvalue weighted by atomic mass is 16.7. The van der Waals surface area contributed by atoms with Gasteiger partial charge in [0.2, 0.25) is 6.79 Å². The Bertz CT molecular complexity index is 1480. The van der Waals surface area contributed by atoms with Crippen LogP contribution in [-0.4, -0.2) is 78.6 Å². The summed E-state index contributed by atoms with van der Waals surface area (Å²) in [5, 5.41) is 18.3. The third kappa shape index (κ3) is 6.92.